The van der Waals surface area contributed by atoms with Crippen LogP contribution in [0.2, 0.25) is 0 Å². The summed E-state index contributed by atoms with van der Waals surface area (Å²) in [5.74, 6) is 0.177. The Labute approximate surface area is 141 Å². The van der Waals surface area contributed by atoms with Gasteiger partial charge in [-0.3, -0.25) is 14.9 Å². The molecule has 132 valence electrons. The SMILES string of the molecule is CCCOc1ccc(C=O)c(OCC(=O)NC(=O)N[C@H](C)CC)c1. The van der Waals surface area contributed by atoms with Crippen LogP contribution in [0.1, 0.15) is 44.0 Å². The van der Waals surface area contributed by atoms with E-state index in [4.69, 9.17) is 9.47 Å². The quantitative estimate of drug-likeness (QED) is 0.675. The van der Waals surface area contributed by atoms with Gasteiger partial charge in [0.05, 0.1) is 12.2 Å². The van der Waals surface area contributed by atoms with Crippen LogP contribution in [0.4, 0.5) is 4.79 Å². The molecule has 1 atom stereocenters. The Hall–Kier alpha value is -2.57. The van der Waals surface area contributed by atoms with Gasteiger partial charge in [0.15, 0.2) is 12.9 Å². The van der Waals surface area contributed by atoms with Crippen LogP contribution in [0.15, 0.2) is 18.2 Å². The molecule has 0 saturated carbocycles. The van der Waals surface area contributed by atoms with Crippen LogP contribution >= 0.6 is 0 Å². The van der Waals surface area contributed by atoms with Gasteiger partial charge < -0.3 is 14.8 Å². The summed E-state index contributed by atoms with van der Waals surface area (Å²) in [4.78, 5) is 34.3. The molecule has 0 aromatic heterocycles. The summed E-state index contributed by atoms with van der Waals surface area (Å²) >= 11 is 0. The van der Waals surface area contributed by atoms with Crippen LogP contribution in [0.5, 0.6) is 11.5 Å². The van der Waals surface area contributed by atoms with Gasteiger partial charge in [0.1, 0.15) is 11.5 Å². The van der Waals surface area contributed by atoms with Crippen LogP contribution in [0.25, 0.3) is 0 Å². The van der Waals surface area contributed by atoms with E-state index in [9.17, 15) is 14.4 Å². The highest BCUT2D eigenvalue weighted by atomic mass is 16.5. The molecule has 3 amide bonds. The fourth-order valence-corrected chi connectivity index (χ4v) is 1.71. The second-order valence-electron chi connectivity index (χ2n) is 5.29. The summed E-state index contributed by atoms with van der Waals surface area (Å²) < 4.78 is 10.8. The van der Waals surface area contributed by atoms with Gasteiger partial charge in [0.25, 0.3) is 5.91 Å². The lowest BCUT2D eigenvalue weighted by atomic mass is 10.2. The summed E-state index contributed by atoms with van der Waals surface area (Å²) in [6.07, 6.45) is 2.23. The van der Waals surface area contributed by atoms with Gasteiger partial charge in [-0.1, -0.05) is 13.8 Å². The maximum absolute atomic E-state index is 11.7. The zero-order valence-corrected chi connectivity index (χ0v) is 14.3. The first-order valence-corrected chi connectivity index (χ1v) is 7.95. The Kier molecular flexibility index (Phi) is 8.32. The van der Waals surface area contributed by atoms with Crippen LogP contribution in [-0.4, -0.2) is 37.5 Å². The summed E-state index contributed by atoms with van der Waals surface area (Å²) in [6, 6.07) is 4.15. The largest absolute Gasteiger partial charge is 0.493 e. The number of carbonyl (C=O) groups is 3. The topological polar surface area (TPSA) is 93.7 Å². The monoisotopic (exact) mass is 336 g/mol. The average Bonchev–Trinajstić information content (AvgIpc) is 2.57. The van der Waals surface area contributed by atoms with E-state index in [0.29, 0.717) is 24.2 Å². The van der Waals surface area contributed by atoms with Crippen molar-refractivity contribution in [1.82, 2.24) is 10.6 Å². The molecule has 24 heavy (non-hydrogen) atoms. The standard InChI is InChI=1S/C17H24N2O5/c1-4-8-23-14-7-6-13(10-20)15(9-14)24-11-16(21)19-17(22)18-12(3)5-2/h6-7,9-10,12H,4-5,8,11H2,1-3H3,(H2,18,19,21,22)/t12-/m1/s1. The van der Waals surface area contributed by atoms with Crippen LogP contribution < -0.4 is 20.1 Å². The number of rotatable bonds is 9. The normalized spacial score (nSPS) is 11.3. The smallest absolute Gasteiger partial charge is 0.321 e. The van der Waals surface area contributed by atoms with Gasteiger partial charge >= 0.3 is 6.03 Å². The average molecular weight is 336 g/mol. The van der Waals surface area contributed by atoms with Gasteiger partial charge in [-0.2, -0.15) is 0 Å². The van der Waals surface area contributed by atoms with Crippen LogP contribution in [-0.2, 0) is 4.79 Å². The molecule has 0 aliphatic heterocycles. The number of ether oxygens (including phenoxy) is 2. The third kappa shape index (κ3) is 6.68. The molecule has 0 unspecified atom stereocenters. The maximum atomic E-state index is 11.7. The van der Waals surface area contributed by atoms with E-state index < -0.39 is 11.9 Å². The van der Waals surface area contributed by atoms with E-state index in [1.807, 2.05) is 20.8 Å². The molecule has 1 aromatic carbocycles. The van der Waals surface area contributed by atoms with Gasteiger partial charge in [-0.25, -0.2) is 4.79 Å². The lowest BCUT2D eigenvalue weighted by molar-refractivity contribution is -0.122. The van der Waals surface area contributed by atoms with Crippen molar-refractivity contribution >= 4 is 18.2 Å². The lowest BCUT2D eigenvalue weighted by Gasteiger charge is -2.13. The fourth-order valence-electron chi connectivity index (χ4n) is 1.71. The number of urea groups is 1. The number of carbonyl (C=O) groups excluding carboxylic acids is 3. The van der Waals surface area contributed by atoms with Crippen molar-refractivity contribution in [3.63, 3.8) is 0 Å². The molecule has 7 nitrogen and oxygen atoms in total. The fraction of sp³-hybridized carbons (Fsp3) is 0.471. The number of hydrogen-bond acceptors (Lipinski definition) is 5. The molecule has 0 aliphatic rings. The van der Waals surface area contributed by atoms with E-state index in [-0.39, 0.29) is 18.4 Å². The first-order chi connectivity index (χ1) is 11.5. The highest BCUT2D eigenvalue weighted by molar-refractivity contribution is 5.95. The number of amides is 3. The molecule has 0 saturated heterocycles. The Morgan fingerprint density at radius 2 is 2.00 bits per heavy atom. The van der Waals surface area contributed by atoms with Crippen molar-refractivity contribution in [2.24, 2.45) is 0 Å². The summed E-state index contributed by atoms with van der Waals surface area (Å²) in [5.41, 5.74) is 0.302. The molecule has 1 rings (SSSR count). The second kappa shape index (κ2) is 10.3. The van der Waals surface area contributed by atoms with E-state index in [0.717, 1.165) is 12.8 Å². The van der Waals surface area contributed by atoms with E-state index in [1.54, 1.807) is 18.2 Å². The molecule has 7 heteroatoms. The van der Waals surface area contributed by atoms with Crippen molar-refractivity contribution in [2.45, 2.75) is 39.7 Å². The highest BCUT2D eigenvalue weighted by Crippen LogP contribution is 2.23. The zero-order valence-electron chi connectivity index (χ0n) is 14.3. The minimum absolute atomic E-state index is 0.0345. The minimum atomic E-state index is -0.604. The number of aldehydes is 1. The Morgan fingerprint density at radius 1 is 1.25 bits per heavy atom. The van der Waals surface area contributed by atoms with E-state index in [2.05, 4.69) is 10.6 Å². The van der Waals surface area contributed by atoms with Crippen molar-refractivity contribution < 1.29 is 23.9 Å². The Morgan fingerprint density at radius 3 is 2.62 bits per heavy atom. The number of benzene rings is 1. The van der Waals surface area contributed by atoms with Crippen LogP contribution in [0, 0.1) is 0 Å². The van der Waals surface area contributed by atoms with Gasteiger partial charge in [0.2, 0.25) is 0 Å². The molecule has 0 spiro atoms. The molecule has 1 aromatic rings. The summed E-state index contributed by atoms with van der Waals surface area (Å²) in [6.45, 7) is 5.89. The van der Waals surface area contributed by atoms with Crippen molar-refractivity contribution in [3.8, 4) is 11.5 Å². The first kappa shape index (κ1) is 19.5. The predicted molar refractivity (Wildman–Crippen MR) is 89.5 cm³/mol. The Bertz CT molecular complexity index is 574. The van der Waals surface area contributed by atoms with E-state index in [1.165, 1.54) is 0 Å². The highest BCUT2D eigenvalue weighted by Gasteiger charge is 2.12. The molecular weight excluding hydrogens is 312 g/mol. The molecular formula is C17H24N2O5. The third-order valence-electron chi connectivity index (χ3n) is 3.19. The van der Waals surface area contributed by atoms with Gasteiger partial charge in [-0.05, 0) is 31.9 Å². The zero-order chi connectivity index (χ0) is 17.9. The van der Waals surface area contributed by atoms with Crippen LogP contribution in [0.3, 0.4) is 0 Å². The van der Waals surface area contributed by atoms with Crippen molar-refractivity contribution in [3.05, 3.63) is 23.8 Å². The minimum Gasteiger partial charge on any atom is -0.493 e. The maximum Gasteiger partial charge on any atom is 0.321 e. The predicted octanol–water partition coefficient (Wildman–Crippen LogP) is 2.29. The third-order valence-corrected chi connectivity index (χ3v) is 3.19. The molecule has 0 aliphatic carbocycles. The number of hydrogen-bond donors (Lipinski definition) is 2. The van der Waals surface area contributed by atoms with Gasteiger partial charge in [0, 0.05) is 12.1 Å². The summed E-state index contributed by atoms with van der Waals surface area (Å²) in [5, 5.41) is 4.78. The summed E-state index contributed by atoms with van der Waals surface area (Å²) in [7, 11) is 0. The second-order valence-corrected chi connectivity index (χ2v) is 5.29. The first-order valence-electron chi connectivity index (χ1n) is 7.95. The van der Waals surface area contributed by atoms with E-state index >= 15 is 0 Å². The lowest BCUT2D eigenvalue weighted by Crippen LogP contribution is -2.44. The molecule has 0 radical (unpaired) electrons. The number of imide groups is 1. The molecule has 0 heterocycles. The molecule has 0 bridgehead atoms. The molecule has 2 N–H and O–H groups in total. The number of nitrogens with one attached hydrogen (secondary N) is 2. The van der Waals surface area contributed by atoms with Crippen molar-refractivity contribution in [1.29, 1.82) is 0 Å². The van der Waals surface area contributed by atoms with Gasteiger partial charge in [-0.15, -0.1) is 0 Å². The molecule has 0 fully saturated rings. The van der Waals surface area contributed by atoms with Crippen molar-refractivity contribution in [2.75, 3.05) is 13.2 Å². The Balaban J connectivity index is 2.60.